The number of carbonyl (C=O) groups excluding carboxylic acids is 1. The van der Waals surface area contributed by atoms with Gasteiger partial charge in [0.1, 0.15) is 5.75 Å². The minimum absolute atomic E-state index is 0.0675. The molecule has 0 aliphatic rings. The summed E-state index contributed by atoms with van der Waals surface area (Å²) in [6, 6.07) is 1.89. The SMILES string of the molecule is Cc1cc(C)c(C(=O)CN)c(O)c1C. The lowest BCUT2D eigenvalue weighted by atomic mass is 9.96. The van der Waals surface area contributed by atoms with Crippen LogP contribution in [-0.2, 0) is 0 Å². The molecule has 0 heterocycles. The van der Waals surface area contributed by atoms with Crippen LogP contribution in [0.3, 0.4) is 0 Å². The van der Waals surface area contributed by atoms with Crippen LogP contribution in [0.5, 0.6) is 5.75 Å². The van der Waals surface area contributed by atoms with Gasteiger partial charge in [-0.15, -0.1) is 0 Å². The molecule has 3 nitrogen and oxygen atoms in total. The number of phenols is 1. The van der Waals surface area contributed by atoms with Crippen molar-refractivity contribution in [2.75, 3.05) is 6.54 Å². The van der Waals surface area contributed by atoms with Crippen LogP contribution in [0.1, 0.15) is 27.0 Å². The van der Waals surface area contributed by atoms with Crippen LogP contribution in [0.15, 0.2) is 6.07 Å². The average molecular weight is 193 g/mol. The first-order valence-electron chi connectivity index (χ1n) is 4.52. The molecule has 1 rings (SSSR count). The minimum atomic E-state index is -0.219. The van der Waals surface area contributed by atoms with Gasteiger partial charge in [0.2, 0.25) is 0 Å². The number of carbonyl (C=O) groups is 1. The van der Waals surface area contributed by atoms with Crippen LogP contribution < -0.4 is 5.73 Å². The van der Waals surface area contributed by atoms with Gasteiger partial charge in [-0.25, -0.2) is 0 Å². The Morgan fingerprint density at radius 1 is 1.36 bits per heavy atom. The molecular weight excluding hydrogens is 178 g/mol. The van der Waals surface area contributed by atoms with Gasteiger partial charge in [-0.3, -0.25) is 4.79 Å². The van der Waals surface area contributed by atoms with E-state index in [9.17, 15) is 9.90 Å². The van der Waals surface area contributed by atoms with Crippen LogP contribution in [0.4, 0.5) is 0 Å². The molecule has 1 aromatic rings. The van der Waals surface area contributed by atoms with Crippen molar-refractivity contribution in [3.63, 3.8) is 0 Å². The Morgan fingerprint density at radius 3 is 2.43 bits per heavy atom. The summed E-state index contributed by atoms with van der Waals surface area (Å²) in [5.41, 5.74) is 8.13. The van der Waals surface area contributed by atoms with Crippen LogP contribution in [0.2, 0.25) is 0 Å². The molecule has 0 aliphatic carbocycles. The number of nitrogens with two attached hydrogens (primary N) is 1. The Labute approximate surface area is 83.6 Å². The van der Waals surface area contributed by atoms with Crippen LogP contribution in [0.25, 0.3) is 0 Å². The number of hydrogen-bond donors (Lipinski definition) is 2. The highest BCUT2D eigenvalue weighted by molar-refractivity contribution is 6.01. The van der Waals surface area contributed by atoms with E-state index in [4.69, 9.17) is 5.73 Å². The molecule has 0 atom stereocenters. The van der Waals surface area contributed by atoms with Crippen molar-refractivity contribution < 1.29 is 9.90 Å². The fourth-order valence-electron chi connectivity index (χ4n) is 1.52. The molecule has 0 bridgehead atoms. The highest BCUT2D eigenvalue weighted by Crippen LogP contribution is 2.28. The molecule has 3 heteroatoms. The van der Waals surface area contributed by atoms with Crippen molar-refractivity contribution in [2.45, 2.75) is 20.8 Å². The van der Waals surface area contributed by atoms with E-state index in [0.29, 0.717) is 5.56 Å². The van der Waals surface area contributed by atoms with E-state index in [1.807, 2.05) is 13.0 Å². The third-order valence-corrected chi connectivity index (χ3v) is 2.48. The van der Waals surface area contributed by atoms with Gasteiger partial charge in [-0.05, 0) is 37.5 Å². The molecule has 0 saturated heterocycles. The van der Waals surface area contributed by atoms with Crippen molar-refractivity contribution >= 4 is 5.78 Å². The second-order valence-electron chi connectivity index (χ2n) is 3.49. The van der Waals surface area contributed by atoms with E-state index in [1.54, 1.807) is 13.8 Å². The van der Waals surface area contributed by atoms with Gasteiger partial charge < -0.3 is 10.8 Å². The smallest absolute Gasteiger partial charge is 0.180 e. The predicted molar refractivity (Wildman–Crippen MR) is 55.7 cm³/mol. The average Bonchev–Trinajstić information content (AvgIpc) is 2.14. The topological polar surface area (TPSA) is 63.3 Å². The lowest BCUT2D eigenvalue weighted by molar-refractivity contribution is 0.0998. The number of rotatable bonds is 2. The maximum absolute atomic E-state index is 11.4. The molecule has 3 N–H and O–H groups in total. The lowest BCUT2D eigenvalue weighted by Gasteiger charge is -2.11. The third-order valence-electron chi connectivity index (χ3n) is 2.48. The maximum Gasteiger partial charge on any atom is 0.180 e. The number of aromatic hydroxyl groups is 1. The Kier molecular flexibility index (Phi) is 2.91. The Bertz CT molecular complexity index is 383. The predicted octanol–water partition coefficient (Wildman–Crippen LogP) is 1.46. The number of aryl methyl sites for hydroxylation is 2. The van der Waals surface area contributed by atoms with Gasteiger partial charge in [-0.1, -0.05) is 6.07 Å². The van der Waals surface area contributed by atoms with E-state index in [-0.39, 0.29) is 18.1 Å². The molecule has 0 saturated carbocycles. The van der Waals surface area contributed by atoms with Crippen molar-refractivity contribution in [1.29, 1.82) is 0 Å². The standard InChI is InChI=1S/C11H15NO2/c1-6-4-7(2)10(9(13)5-12)11(14)8(6)3/h4,14H,5,12H2,1-3H3. The molecule has 0 aromatic heterocycles. The van der Waals surface area contributed by atoms with Gasteiger partial charge in [0.25, 0.3) is 0 Å². The van der Waals surface area contributed by atoms with Gasteiger partial charge >= 0.3 is 0 Å². The number of hydrogen-bond acceptors (Lipinski definition) is 3. The summed E-state index contributed by atoms with van der Waals surface area (Å²) in [5, 5.41) is 9.78. The Hall–Kier alpha value is -1.35. The number of phenolic OH excluding ortho intramolecular Hbond substituents is 1. The molecular formula is C11H15NO2. The van der Waals surface area contributed by atoms with Gasteiger partial charge in [0, 0.05) is 0 Å². The fourth-order valence-corrected chi connectivity index (χ4v) is 1.52. The molecule has 1 aromatic carbocycles. The summed E-state index contributed by atoms with van der Waals surface area (Å²) < 4.78 is 0. The van der Waals surface area contributed by atoms with Crippen molar-refractivity contribution in [3.05, 3.63) is 28.3 Å². The number of Topliss-reactive ketones (excluding diaryl/α,β-unsaturated/α-hetero) is 1. The minimum Gasteiger partial charge on any atom is -0.507 e. The van der Waals surface area contributed by atoms with Gasteiger partial charge in [-0.2, -0.15) is 0 Å². The zero-order valence-corrected chi connectivity index (χ0v) is 8.72. The van der Waals surface area contributed by atoms with Gasteiger partial charge in [0.05, 0.1) is 12.1 Å². The third kappa shape index (κ3) is 1.63. The number of ketones is 1. The zero-order valence-electron chi connectivity index (χ0n) is 8.72. The molecule has 76 valence electrons. The van der Waals surface area contributed by atoms with Crippen LogP contribution in [0, 0.1) is 20.8 Å². The van der Waals surface area contributed by atoms with Gasteiger partial charge in [0.15, 0.2) is 5.78 Å². The number of benzene rings is 1. The van der Waals surface area contributed by atoms with Crippen molar-refractivity contribution in [2.24, 2.45) is 5.73 Å². The summed E-state index contributed by atoms with van der Waals surface area (Å²) in [6.45, 7) is 5.42. The second-order valence-corrected chi connectivity index (χ2v) is 3.49. The molecule has 0 radical (unpaired) electrons. The summed E-state index contributed by atoms with van der Waals surface area (Å²) in [5.74, 6) is -0.152. The zero-order chi connectivity index (χ0) is 10.9. The highest BCUT2D eigenvalue weighted by atomic mass is 16.3. The second kappa shape index (κ2) is 3.80. The largest absolute Gasteiger partial charge is 0.507 e. The van der Waals surface area contributed by atoms with Crippen LogP contribution >= 0.6 is 0 Å². The monoisotopic (exact) mass is 193 g/mol. The first-order valence-corrected chi connectivity index (χ1v) is 4.52. The molecule has 14 heavy (non-hydrogen) atoms. The maximum atomic E-state index is 11.4. The summed E-state index contributed by atoms with van der Waals surface area (Å²) in [6.07, 6.45) is 0. The summed E-state index contributed by atoms with van der Waals surface area (Å²) in [4.78, 5) is 11.4. The molecule has 0 unspecified atom stereocenters. The van der Waals surface area contributed by atoms with E-state index in [1.165, 1.54) is 0 Å². The Balaban J connectivity index is 3.44. The van der Waals surface area contributed by atoms with E-state index in [2.05, 4.69) is 0 Å². The first kappa shape index (κ1) is 10.7. The quantitative estimate of drug-likeness (QED) is 0.699. The molecule has 0 spiro atoms. The van der Waals surface area contributed by atoms with E-state index >= 15 is 0 Å². The molecule has 0 amide bonds. The lowest BCUT2D eigenvalue weighted by Crippen LogP contribution is -2.15. The first-order chi connectivity index (χ1) is 6.49. The van der Waals surface area contributed by atoms with Crippen molar-refractivity contribution in [1.82, 2.24) is 0 Å². The Morgan fingerprint density at radius 2 is 1.93 bits per heavy atom. The highest BCUT2D eigenvalue weighted by Gasteiger charge is 2.15. The van der Waals surface area contributed by atoms with Crippen molar-refractivity contribution in [3.8, 4) is 5.75 Å². The van der Waals surface area contributed by atoms with E-state index < -0.39 is 0 Å². The fraction of sp³-hybridized carbons (Fsp3) is 0.364. The van der Waals surface area contributed by atoms with E-state index in [0.717, 1.165) is 16.7 Å². The normalized spacial score (nSPS) is 10.3. The van der Waals surface area contributed by atoms with Crippen LogP contribution in [-0.4, -0.2) is 17.4 Å². The summed E-state index contributed by atoms with van der Waals surface area (Å²) in [7, 11) is 0. The molecule has 0 fully saturated rings. The molecule has 0 aliphatic heterocycles. The summed E-state index contributed by atoms with van der Waals surface area (Å²) >= 11 is 0.